The summed E-state index contributed by atoms with van der Waals surface area (Å²) in [5.74, 6) is 0.419. The third kappa shape index (κ3) is 3.78. The molecule has 0 aliphatic carbocycles. The van der Waals surface area contributed by atoms with Gasteiger partial charge in [0.15, 0.2) is 5.82 Å². The number of nitrogens with zero attached hydrogens (tertiary/aromatic N) is 5. The van der Waals surface area contributed by atoms with Crippen LogP contribution in [0.15, 0.2) is 53.5 Å². The highest BCUT2D eigenvalue weighted by atomic mass is 35.5. The van der Waals surface area contributed by atoms with Gasteiger partial charge >= 0.3 is 0 Å². The summed E-state index contributed by atoms with van der Waals surface area (Å²) in [6.07, 6.45) is 0.829. The maximum atomic E-state index is 13.6. The molecule has 1 N–H and O–H groups in total. The number of aliphatic imine (C=N–C) groups is 1. The molecule has 2 atom stereocenters. The molecule has 2 heterocycles. The third-order valence-corrected chi connectivity index (χ3v) is 5.45. The lowest BCUT2D eigenvalue weighted by atomic mass is 9.98. The second-order valence-corrected chi connectivity index (χ2v) is 7.52. The number of carbonyl (C=O) groups excluding carboxylic acids is 1. The molecule has 29 heavy (non-hydrogen) atoms. The molecule has 4 rings (SSSR count). The maximum absolute atomic E-state index is 13.6. The Morgan fingerprint density at radius 1 is 1.21 bits per heavy atom. The molecule has 1 aromatic heterocycles. The lowest BCUT2D eigenvalue weighted by molar-refractivity contribution is -0.120. The van der Waals surface area contributed by atoms with Crippen LogP contribution in [-0.2, 0) is 11.3 Å². The van der Waals surface area contributed by atoms with Crippen molar-refractivity contribution in [1.29, 1.82) is 0 Å². The van der Waals surface area contributed by atoms with E-state index >= 15 is 0 Å². The van der Waals surface area contributed by atoms with E-state index in [4.69, 9.17) is 16.6 Å². The summed E-state index contributed by atoms with van der Waals surface area (Å²) in [5.41, 5.74) is 3.25. The monoisotopic (exact) mass is 408 g/mol. The highest BCUT2D eigenvalue weighted by Crippen LogP contribution is 2.33. The second kappa shape index (κ2) is 8.13. The number of hydrogen-bond acceptors (Lipinski definition) is 5. The van der Waals surface area contributed by atoms with Gasteiger partial charge in [0.1, 0.15) is 6.04 Å². The normalized spacial score (nSPS) is 17.5. The van der Waals surface area contributed by atoms with Crippen molar-refractivity contribution < 1.29 is 4.79 Å². The number of rotatable bonds is 5. The Morgan fingerprint density at radius 2 is 2.00 bits per heavy atom. The molecule has 1 aliphatic heterocycles. The van der Waals surface area contributed by atoms with Gasteiger partial charge in [0.05, 0.1) is 17.9 Å². The molecule has 0 saturated carbocycles. The number of halogens is 1. The molecular weight excluding hydrogens is 388 g/mol. The van der Waals surface area contributed by atoms with Crippen LogP contribution in [-0.4, -0.2) is 38.3 Å². The number of tetrazole rings is 1. The largest absolute Gasteiger partial charge is 0.302 e. The maximum Gasteiger partial charge on any atom is 0.252 e. The molecule has 0 spiro atoms. The number of aromatic amines is 1. The number of aromatic nitrogens is 4. The van der Waals surface area contributed by atoms with E-state index in [0.717, 1.165) is 28.9 Å². The zero-order valence-electron chi connectivity index (χ0n) is 16.2. The Hall–Kier alpha value is -3.06. The molecule has 0 fully saturated rings. The van der Waals surface area contributed by atoms with Crippen molar-refractivity contribution in [2.24, 2.45) is 10.9 Å². The number of nitrogens with one attached hydrogen (secondary N) is 1. The smallest absolute Gasteiger partial charge is 0.252 e. The predicted octanol–water partition coefficient (Wildman–Crippen LogP) is 3.65. The van der Waals surface area contributed by atoms with Crippen LogP contribution in [0.4, 0.5) is 5.69 Å². The molecular formula is C21H21ClN6O. The molecule has 1 unspecified atom stereocenters. The van der Waals surface area contributed by atoms with E-state index < -0.39 is 6.04 Å². The second-order valence-electron chi connectivity index (χ2n) is 7.09. The fraction of sp³-hybridized carbons (Fsp3) is 0.286. The van der Waals surface area contributed by atoms with Crippen molar-refractivity contribution in [3.63, 3.8) is 0 Å². The Balaban J connectivity index is 1.92. The van der Waals surface area contributed by atoms with Crippen molar-refractivity contribution >= 4 is 28.9 Å². The molecule has 3 aromatic rings. The topological polar surface area (TPSA) is 87.1 Å². The first kappa shape index (κ1) is 19.3. The average Bonchev–Trinajstić information content (AvgIpc) is 3.22. The molecule has 8 heteroatoms. The van der Waals surface area contributed by atoms with E-state index in [-0.39, 0.29) is 18.4 Å². The van der Waals surface area contributed by atoms with Crippen LogP contribution in [0.25, 0.3) is 0 Å². The van der Waals surface area contributed by atoms with Crippen LogP contribution in [0.5, 0.6) is 0 Å². The van der Waals surface area contributed by atoms with Gasteiger partial charge in [0, 0.05) is 16.1 Å². The summed E-state index contributed by atoms with van der Waals surface area (Å²) in [7, 11) is 0. The summed E-state index contributed by atoms with van der Waals surface area (Å²) in [5, 5.41) is 14.7. The molecule has 1 amide bonds. The summed E-state index contributed by atoms with van der Waals surface area (Å²) in [6.45, 7) is 4.31. The summed E-state index contributed by atoms with van der Waals surface area (Å²) in [6, 6.07) is 14.9. The first-order valence-electron chi connectivity index (χ1n) is 9.55. The van der Waals surface area contributed by atoms with Gasteiger partial charge in [0.25, 0.3) is 5.91 Å². The first-order valence-corrected chi connectivity index (χ1v) is 9.93. The van der Waals surface area contributed by atoms with Crippen LogP contribution >= 0.6 is 11.6 Å². The number of fused-ring (bicyclic) bond motifs is 1. The van der Waals surface area contributed by atoms with Crippen LogP contribution in [0.3, 0.4) is 0 Å². The molecule has 0 bridgehead atoms. The first-order chi connectivity index (χ1) is 14.1. The third-order valence-electron chi connectivity index (χ3n) is 5.21. The lowest BCUT2D eigenvalue weighted by Crippen LogP contribution is -2.40. The van der Waals surface area contributed by atoms with Crippen molar-refractivity contribution in [2.45, 2.75) is 32.9 Å². The van der Waals surface area contributed by atoms with E-state index in [2.05, 4.69) is 27.5 Å². The summed E-state index contributed by atoms with van der Waals surface area (Å²) >= 11 is 6.34. The fourth-order valence-corrected chi connectivity index (χ4v) is 3.62. The number of hydrogen-bond donors (Lipinski definition) is 1. The van der Waals surface area contributed by atoms with Crippen LogP contribution < -0.4 is 4.90 Å². The number of benzodiazepines with no additional fused rings is 1. The highest BCUT2D eigenvalue weighted by Gasteiger charge is 2.35. The van der Waals surface area contributed by atoms with Gasteiger partial charge in [-0.25, -0.2) is 0 Å². The van der Waals surface area contributed by atoms with Gasteiger partial charge in [-0.3, -0.25) is 9.79 Å². The molecule has 1 aliphatic rings. The fourth-order valence-electron chi connectivity index (χ4n) is 3.45. The van der Waals surface area contributed by atoms with Crippen LogP contribution in [0, 0.1) is 5.92 Å². The summed E-state index contributed by atoms with van der Waals surface area (Å²) < 4.78 is 0. The Labute approximate surface area is 173 Å². The Kier molecular flexibility index (Phi) is 5.40. The van der Waals surface area contributed by atoms with Gasteiger partial charge in [-0.15, -0.1) is 10.2 Å². The molecule has 148 valence electrons. The minimum atomic E-state index is -0.520. The lowest BCUT2D eigenvalue weighted by Gasteiger charge is -2.26. The van der Waals surface area contributed by atoms with Gasteiger partial charge in [-0.05, 0) is 24.1 Å². The van der Waals surface area contributed by atoms with Crippen molar-refractivity contribution in [1.82, 2.24) is 20.6 Å². The SMILES string of the molecule is CCC(C)[C@@H]1N=C(c2ccccc2)c2cc(Cl)ccc2N(Cc2nn[nH]n2)C1=O. The van der Waals surface area contributed by atoms with E-state index in [0.29, 0.717) is 10.8 Å². The van der Waals surface area contributed by atoms with Gasteiger partial charge in [-0.1, -0.05) is 67.4 Å². The predicted molar refractivity (Wildman–Crippen MR) is 112 cm³/mol. The zero-order valence-corrected chi connectivity index (χ0v) is 17.0. The minimum Gasteiger partial charge on any atom is -0.302 e. The van der Waals surface area contributed by atoms with Gasteiger partial charge in [-0.2, -0.15) is 5.21 Å². The average molecular weight is 409 g/mol. The number of amides is 1. The quantitative estimate of drug-likeness (QED) is 0.698. The summed E-state index contributed by atoms with van der Waals surface area (Å²) in [4.78, 5) is 20.2. The van der Waals surface area contributed by atoms with Crippen molar-refractivity contribution in [3.8, 4) is 0 Å². The van der Waals surface area contributed by atoms with E-state index in [1.165, 1.54) is 0 Å². The zero-order chi connectivity index (χ0) is 20.4. The standard InChI is InChI=1S/C21H21ClN6O/c1-3-13(2)19-21(29)28(12-18-24-26-27-25-18)17-10-9-15(22)11-16(17)20(23-19)14-7-5-4-6-8-14/h4-11,13,19H,3,12H2,1-2H3,(H,24,25,26,27)/t13?,19-/m0/s1. The molecule has 7 nitrogen and oxygen atoms in total. The minimum absolute atomic E-state index is 0.0683. The number of benzene rings is 2. The van der Waals surface area contributed by atoms with Crippen molar-refractivity contribution in [3.05, 3.63) is 70.5 Å². The van der Waals surface area contributed by atoms with E-state index in [1.807, 2.05) is 49.4 Å². The van der Waals surface area contributed by atoms with Crippen LogP contribution in [0.2, 0.25) is 5.02 Å². The Bertz CT molecular complexity index is 1030. The van der Waals surface area contributed by atoms with E-state index in [1.54, 1.807) is 11.0 Å². The molecule has 2 aromatic carbocycles. The van der Waals surface area contributed by atoms with E-state index in [9.17, 15) is 4.79 Å². The van der Waals surface area contributed by atoms with Crippen molar-refractivity contribution in [2.75, 3.05) is 4.90 Å². The van der Waals surface area contributed by atoms with Crippen LogP contribution in [0.1, 0.15) is 37.2 Å². The molecule has 0 saturated heterocycles. The number of carbonyl (C=O) groups is 1. The van der Waals surface area contributed by atoms with Gasteiger partial charge in [0.2, 0.25) is 0 Å². The highest BCUT2D eigenvalue weighted by molar-refractivity contribution is 6.32. The van der Waals surface area contributed by atoms with Gasteiger partial charge < -0.3 is 4.90 Å². The Morgan fingerprint density at radius 3 is 2.69 bits per heavy atom. The number of anilines is 1. The molecule has 0 radical (unpaired) electrons. The number of H-pyrrole nitrogens is 1.